The molecule has 8 nitrogen and oxygen atoms in total. The van der Waals surface area contributed by atoms with Gasteiger partial charge in [0.15, 0.2) is 0 Å². The number of hydrogen-bond donors (Lipinski definition) is 1. The first-order chi connectivity index (χ1) is 13.7. The fraction of sp³-hybridized carbons (Fsp3) is 0.619. The molecule has 1 N–H and O–H groups in total. The van der Waals surface area contributed by atoms with E-state index in [1.54, 1.807) is 33.0 Å². The molecule has 0 saturated carbocycles. The van der Waals surface area contributed by atoms with E-state index >= 15 is 0 Å². The Bertz CT molecular complexity index is 782. The second-order valence-corrected chi connectivity index (χ2v) is 8.66. The number of alkyl carbamates (subject to hydrolysis) is 1. The molecule has 0 aliphatic carbocycles. The Morgan fingerprint density at radius 2 is 1.93 bits per heavy atom. The van der Waals surface area contributed by atoms with E-state index in [0.29, 0.717) is 5.69 Å². The van der Waals surface area contributed by atoms with Gasteiger partial charge in [-0.05, 0) is 58.4 Å². The Kier molecular flexibility index (Phi) is 5.96. The molecule has 156 valence electrons. The molecule has 0 aromatic carbocycles. The molecule has 1 amide bonds. The molecule has 0 radical (unpaired) electrons. The Morgan fingerprint density at radius 1 is 1.28 bits per heavy atom. The molecule has 2 aliphatic heterocycles. The summed E-state index contributed by atoms with van der Waals surface area (Å²) < 4.78 is 10.3. The van der Waals surface area contributed by atoms with Crippen molar-refractivity contribution in [3.05, 3.63) is 29.7 Å². The Morgan fingerprint density at radius 3 is 2.41 bits per heavy atom. The molecule has 29 heavy (non-hydrogen) atoms. The summed E-state index contributed by atoms with van der Waals surface area (Å²) in [5.74, 6) is 0.373. The number of hydrogen-bond acceptors (Lipinski definition) is 6. The highest BCUT2D eigenvalue weighted by Crippen LogP contribution is 2.42. The summed E-state index contributed by atoms with van der Waals surface area (Å²) in [5, 5.41) is 2.73. The number of anilines is 1. The molecule has 1 aromatic rings. The average Bonchev–Trinajstić information content (AvgIpc) is 2.93. The fourth-order valence-electron chi connectivity index (χ4n) is 4.39. The molecule has 2 aliphatic rings. The molecule has 3 heterocycles. The molecule has 3 rings (SSSR count). The van der Waals surface area contributed by atoms with Crippen LogP contribution in [0, 0.1) is 12.5 Å². The second kappa shape index (κ2) is 8.27. The zero-order valence-corrected chi connectivity index (χ0v) is 17.3. The fourth-order valence-corrected chi connectivity index (χ4v) is 4.39. The van der Waals surface area contributed by atoms with Gasteiger partial charge in [0.05, 0.1) is 13.7 Å². The van der Waals surface area contributed by atoms with Crippen LogP contribution in [0.15, 0.2) is 18.3 Å². The number of methoxy groups -OCH3 is 1. The van der Waals surface area contributed by atoms with Crippen molar-refractivity contribution < 1.29 is 19.1 Å². The van der Waals surface area contributed by atoms with Gasteiger partial charge in [-0.25, -0.2) is 14.4 Å². The van der Waals surface area contributed by atoms with E-state index in [-0.39, 0.29) is 18.0 Å². The van der Waals surface area contributed by atoms with Gasteiger partial charge in [-0.1, -0.05) is 6.07 Å². The molecule has 2 saturated heterocycles. The third-order valence-electron chi connectivity index (χ3n) is 5.49. The van der Waals surface area contributed by atoms with Crippen LogP contribution in [0.25, 0.3) is 4.85 Å². The van der Waals surface area contributed by atoms with E-state index in [0.717, 1.165) is 31.5 Å². The topological polar surface area (TPSA) is 85.1 Å². The standard InChI is InChI=1S/C21H28N4O4/c1-21(2,3)29-20(27)24-18(19(26)28-5)13-10-15-7-8-16(11-13)25(15)17-9-6-14(22-4)12-23-17/h6,9,12-13,15-16,18H,7-8,10-11H2,1-3,5H3,(H,24,27)/t13?,15?,16?,18-/m0/s1. The molecular weight excluding hydrogens is 372 g/mol. The number of fused-ring (bicyclic) bond motifs is 2. The van der Waals surface area contributed by atoms with Crippen molar-refractivity contribution >= 4 is 23.6 Å². The average molecular weight is 400 g/mol. The van der Waals surface area contributed by atoms with Gasteiger partial charge < -0.3 is 19.7 Å². The molecule has 2 fully saturated rings. The van der Waals surface area contributed by atoms with Gasteiger partial charge in [-0.15, -0.1) is 0 Å². The van der Waals surface area contributed by atoms with Crippen molar-refractivity contribution in [2.45, 2.75) is 70.2 Å². The first kappa shape index (κ1) is 20.9. The summed E-state index contributed by atoms with van der Waals surface area (Å²) in [5.41, 5.74) is -0.126. The van der Waals surface area contributed by atoms with Crippen molar-refractivity contribution in [3.8, 4) is 0 Å². The number of piperidine rings is 1. The van der Waals surface area contributed by atoms with Crippen molar-refractivity contribution in [1.29, 1.82) is 0 Å². The largest absolute Gasteiger partial charge is 0.467 e. The first-order valence-electron chi connectivity index (χ1n) is 9.91. The minimum Gasteiger partial charge on any atom is -0.467 e. The number of pyridine rings is 1. The summed E-state index contributed by atoms with van der Waals surface area (Å²) >= 11 is 0. The maximum absolute atomic E-state index is 12.4. The lowest BCUT2D eigenvalue weighted by Crippen LogP contribution is -2.53. The second-order valence-electron chi connectivity index (χ2n) is 8.66. The SMILES string of the molecule is [C-]#[N+]c1ccc(N2C3CCC2CC([C@H](NC(=O)OC(C)(C)C)C(=O)OC)C3)nc1. The zero-order valence-electron chi connectivity index (χ0n) is 17.3. The number of amides is 1. The normalized spacial score (nSPS) is 24.4. The molecule has 3 atom stereocenters. The van der Waals surface area contributed by atoms with E-state index < -0.39 is 23.7 Å². The Balaban J connectivity index is 1.73. The van der Waals surface area contributed by atoms with Crippen LogP contribution in [0.4, 0.5) is 16.3 Å². The molecule has 2 bridgehead atoms. The zero-order chi connectivity index (χ0) is 21.2. The highest BCUT2D eigenvalue weighted by molar-refractivity contribution is 5.81. The quantitative estimate of drug-likeness (QED) is 0.616. The van der Waals surface area contributed by atoms with Gasteiger partial charge in [0, 0.05) is 18.3 Å². The van der Waals surface area contributed by atoms with Crippen LogP contribution in [0.3, 0.4) is 0 Å². The lowest BCUT2D eigenvalue weighted by Gasteiger charge is -2.41. The molecule has 1 aromatic heterocycles. The van der Waals surface area contributed by atoms with E-state index in [1.165, 1.54) is 7.11 Å². The van der Waals surface area contributed by atoms with Gasteiger partial charge in [-0.3, -0.25) is 4.98 Å². The van der Waals surface area contributed by atoms with Crippen LogP contribution in [0.5, 0.6) is 0 Å². The lowest BCUT2D eigenvalue weighted by atomic mass is 9.84. The third-order valence-corrected chi connectivity index (χ3v) is 5.49. The summed E-state index contributed by atoms with van der Waals surface area (Å²) in [6.45, 7) is 12.4. The number of rotatable bonds is 4. The van der Waals surface area contributed by atoms with Gasteiger partial charge in [0.1, 0.15) is 17.5 Å². The minimum atomic E-state index is -0.738. The molecular formula is C21H28N4O4. The number of ether oxygens (including phenoxy) is 2. The highest BCUT2D eigenvalue weighted by atomic mass is 16.6. The van der Waals surface area contributed by atoms with E-state index in [4.69, 9.17) is 16.0 Å². The van der Waals surface area contributed by atoms with Gasteiger partial charge in [0.2, 0.25) is 5.69 Å². The van der Waals surface area contributed by atoms with Crippen molar-refractivity contribution in [1.82, 2.24) is 10.3 Å². The van der Waals surface area contributed by atoms with Crippen LogP contribution in [0.1, 0.15) is 46.5 Å². The predicted molar refractivity (Wildman–Crippen MR) is 108 cm³/mol. The number of nitrogens with one attached hydrogen (secondary N) is 1. The number of carbonyl (C=O) groups excluding carboxylic acids is 2. The van der Waals surface area contributed by atoms with Crippen LogP contribution >= 0.6 is 0 Å². The summed E-state index contributed by atoms with van der Waals surface area (Å²) in [4.78, 5) is 34.8. The maximum Gasteiger partial charge on any atom is 0.408 e. The van der Waals surface area contributed by atoms with Crippen LogP contribution in [-0.2, 0) is 14.3 Å². The summed E-state index contributed by atoms with van der Waals surface area (Å²) in [6.07, 6.45) is 4.49. The summed E-state index contributed by atoms with van der Waals surface area (Å²) in [7, 11) is 1.33. The van der Waals surface area contributed by atoms with Crippen LogP contribution in [-0.4, -0.2) is 47.9 Å². The van der Waals surface area contributed by atoms with Crippen LogP contribution < -0.4 is 10.2 Å². The van der Waals surface area contributed by atoms with E-state index in [2.05, 4.69) is 20.0 Å². The van der Waals surface area contributed by atoms with Gasteiger partial charge in [-0.2, -0.15) is 0 Å². The van der Waals surface area contributed by atoms with Crippen molar-refractivity contribution in [2.24, 2.45) is 5.92 Å². The van der Waals surface area contributed by atoms with E-state index in [9.17, 15) is 9.59 Å². The van der Waals surface area contributed by atoms with E-state index in [1.807, 2.05) is 6.07 Å². The minimum absolute atomic E-state index is 0.0359. The Labute approximate surface area is 171 Å². The van der Waals surface area contributed by atoms with Gasteiger partial charge >= 0.3 is 12.1 Å². The maximum atomic E-state index is 12.4. The highest BCUT2D eigenvalue weighted by Gasteiger charge is 2.46. The molecule has 8 heteroatoms. The van der Waals surface area contributed by atoms with Crippen molar-refractivity contribution in [2.75, 3.05) is 12.0 Å². The number of esters is 1. The van der Waals surface area contributed by atoms with Crippen molar-refractivity contribution in [3.63, 3.8) is 0 Å². The number of nitrogens with zero attached hydrogens (tertiary/aromatic N) is 3. The monoisotopic (exact) mass is 400 g/mol. The van der Waals surface area contributed by atoms with Gasteiger partial charge in [0.25, 0.3) is 0 Å². The molecule has 2 unspecified atom stereocenters. The predicted octanol–water partition coefficient (Wildman–Crippen LogP) is 3.45. The van der Waals surface area contributed by atoms with Crippen LogP contribution in [0.2, 0.25) is 0 Å². The third kappa shape index (κ3) is 4.78. The Hall–Kier alpha value is -2.82. The molecule has 0 spiro atoms. The smallest absolute Gasteiger partial charge is 0.408 e. The number of carbonyl (C=O) groups is 2. The lowest BCUT2D eigenvalue weighted by molar-refractivity contribution is -0.145. The summed E-state index contributed by atoms with van der Waals surface area (Å²) in [6, 6.07) is 3.39. The number of aromatic nitrogens is 1. The first-order valence-corrected chi connectivity index (χ1v) is 9.91.